The monoisotopic (exact) mass is 441 g/mol. The lowest BCUT2D eigenvalue weighted by Gasteiger charge is -2.17. The third kappa shape index (κ3) is 7.97. The van der Waals surface area contributed by atoms with E-state index in [0.717, 1.165) is 23.4 Å². The number of benzene rings is 2. The van der Waals surface area contributed by atoms with Gasteiger partial charge in [-0.3, -0.25) is 4.79 Å². The number of aromatic nitrogens is 2. The first-order valence-electron chi connectivity index (χ1n) is 11.0. The molecule has 0 saturated carbocycles. The van der Waals surface area contributed by atoms with Crippen LogP contribution in [0.5, 0.6) is 0 Å². The number of amides is 1. The fraction of sp³-hybridized carbons (Fsp3) is 0.241. The third-order valence-electron chi connectivity index (χ3n) is 4.76. The summed E-state index contributed by atoms with van der Waals surface area (Å²) < 4.78 is 1.83. The Morgan fingerprint density at radius 2 is 1.58 bits per heavy atom. The lowest BCUT2D eigenvalue weighted by molar-refractivity contribution is 0.0784. The molecular formula is C29H35N3O. The molecule has 172 valence electrons. The molecule has 4 nitrogen and oxygen atoms in total. The van der Waals surface area contributed by atoms with E-state index in [-0.39, 0.29) is 5.91 Å². The largest absolute Gasteiger partial charge is 0.337 e. The molecule has 0 fully saturated rings. The van der Waals surface area contributed by atoms with Crippen molar-refractivity contribution in [1.29, 1.82) is 0 Å². The molecule has 2 aromatic carbocycles. The first-order valence-corrected chi connectivity index (χ1v) is 11.0. The summed E-state index contributed by atoms with van der Waals surface area (Å²) in [6.45, 7) is 8.59. The van der Waals surface area contributed by atoms with E-state index in [0.29, 0.717) is 17.8 Å². The minimum Gasteiger partial charge on any atom is -0.337 e. The minimum absolute atomic E-state index is 0.0263. The lowest BCUT2D eigenvalue weighted by Crippen LogP contribution is -2.27. The zero-order valence-corrected chi connectivity index (χ0v) is 20.4. The number of allylic oxidation sites excluding steroid dienone is 3. The van der Waals surface area contributed by atoms with Crippen molar-refractivity contribution in [3.05, 3.63) is 101 Å². The predicted octanol–water partition coefficient (Wildman–Crippen LogP) is 6.71. The van der Waals surface area contributed by atoms with Gasteiger partial charge in [-0.25, -0.2) is 4.68 Å². The fourth-order valence-corrected chi connectivity index (χ4v) is 3.24. The van der Waals surface area contributed by atoms with E-state index >= 15 is 0 Å². The molecule has 3 aromatic rings. The van der Waals surface area contributed by atoms with Crippen molar-refractivity contribution >= 4 is 12.0 Å². The topological polar surface area (TPSA) is 38.1 Å². The highest BCUT2D eigenvalue weighted by atomic mass is 16.2. The molecule has 0 aliphatic heterocycles. The minimum atomic E-state index is -0.0263. The summed E-state index contributed by atoms with van der Waals surface area (Å²) in [6.07, 6.45) is 17.1. The molecule has 4 heteroatoms. The van der Waals surface area contributed by atoms with Crippen molar-refractivity contribution < 1.29 is 4.79 Å². The molecule has 0 aliphatic carbocycles. The van der Waals surface area contributed by atoms with Crippen LogP contribution >= 0.6 is 0 Å². The van der Waals surface area contributed by atoms with E-state index in [1.165, 1.54) is 0 Å². The first-order chi connectivity index (χ1) is 16.0. The number of rotatable bonds is 6. The van der Waals surface area contributed by atoms with Gasteiger partial charge in [0.1, 0.15) is 0 Å². The number of hydrogen-bond acceptors (Lipinski definition) is 2. The Morgan fingerprint density at radius 3 is 2.06 bits per heavy atom. The number of terminal acetylenes is 1. The number of para-hydroxylation sites is 1. The third-order valence-corrected chi connectivity index (χ3v) is 4.76. The van der Waals surface area contributed by atoms with Crippen LogP contribution in [0.4, 0.5) is 0 Å². The molecule has 0 atom stereocenters. The van der Waals surface area contributed by atoms with Crippen LogP contribution in [0.2, 0.25) is 0 Å². The molecule has 0 spiro atoms. The standard InChI is InChI=1S/C22H23N3O.C5H10.C2H2/c1-4-11-20-21(17(2)25(23-20)19-14-9-6-10-15-19)22(26)24(3)16-18-12-7-5-8-13-18;1-3-5-4-2;1-2/h4-15H,16H2,1-3H3;3,5H,4H2,1-2H3;1-2H/b11-4+;5-3-;. The number of carbonyl (C=O) groups is 1. The number of carbonyl (C=O) groups excluding carboxylic acids is 1. The van der Waals surface area contributed by atoms with Crippen molar-refractivity contribution in [3.63, 3.8) is 0 Å². The Morgan fingerprint density at radius 1 is 1.00 bits per heavy atom. The van der Waals surface area contributed by atoms with Crippen molar-refractivity contribution in [2.75, 3.05) is 7.05 Å². The summed E-state index contributed by atoms with van der Waals surface area (Å²) in [4.78, 5) is 14.9. The highest BCUT2D eigenvalue weighted by Gasteiger charge is 2.23. The highest BCUT2D eigenvalue weighted by Crippen LogP contribution is 2.21. The summed E-state index contributed by atoms with van der Waals surface area (Å²) in [7, 11) is 1.83. The van der Waals surface area contributed by atoms with Crippen LogP contribution in [0.25, 0.3) is 11.8 Å². The number of nitrogens with zero attached hydrogens (tertiary/aromatic N) is 3. The Labute approximate surface area is 199 Å². The normalized spacial score (nSPS) is 10.3. The second kappa shape index (κ2) is 15.0. The van der Waals surface area contributed by atoms with Gasteiger partial charge in [0.2, 0.25) is 0 Å². The van der Waals surface area contributed by atoms with Crippen molar-refractivity contribution in [2.45, 2.75) is 40.7 Å². The van der Waals surface area contributed by atoms with Crippen LogP contribution < -0.4 is 0 Å². The predicted molar refractivity (Wildman–Crippen MR) is 140 cm³/mol. The average Bonchev–Trinajstić information content (AvgIpc) is 3.18. The fourth-order valence-electron chi connectivity index (χ4n) is 3.24. The van der Waals surface area contributed by atoms with Crippen molar-refractivity contribution in [3.8, 4) is 18.5 Å². The van der Waals surface area contributed by atoms with Gasteiger partial charge in [0.05, 0.1) is 22.6 Å². The van der Waals surface area contributed by atoms with Gasteiger partial charge in [-0.2, -0.15) is 5.10 Å². The van der Waals surface area contributed by atoms with E-state index in [9.17, 15) is 4.79 Å². The van der Waals surface area contributed by atoms with Gasteiger partial charge in [0.25, 0.3) is 5.91 Å². The van der Waals surface area contributed by atoms with Crippen LogP contribution in [0, 0.1) is 19.8 Å². The number of hydrogen-bond donors (Lipinski definition) is 0. The molecule has 33 heavy (non-hydrogen) atoms. The van der Waals surface area contributed by atoms with Gasteiger partial charge in [-0.15, -0.1) is 12.8 Å². The SMILES string of the molecule is C#C.C/C=C/c1nn(-c2ccccc2)c(C)c1C(=O)N(C)Cc1ccccc1.C/C=C\CC. The van der Waals surface area contributed by atoms with Crippen molar-refractivity contribution in [1.82, 2.24) is 14.7 Å². The maximum atomic E-state index is 13.1. The molecule has 0 saturated heterocycles. The van der Waals surface area contributed by atoms with Gasteiger partial charge in [-0.1, -0.05) is 73.7 Å². The molecule has 0 radical (unpaired) electrons. The maximum Gasteiger partial charge on any atom is 0.258 e. The maximum absolute atomic E-state index is 13.1. The molecule has 0 unspecified atom stereocenters. The Balaban J connectivity index is 0.000000689. The van der Waals surface area contributed by atoms with E-state index in [1.54, 1.807) is 4.90 Å². The van der Waals surface area contributed by atoms with Gasteiger partial charge in [-0.05, 0) is 51.0 Å². The summed E-state index contributed by atoms with van der Waals surface area (Å²) >= 11 is 0. The lowest BCUT2D eigenvalue weighted by atomic mass is 10.1. The van der Waals surface area contributed by atoms with Gasteiger partial charge < -0.3 is 4.90 Å². The summed E-state index contributed by atoms with van der Waals surface area (Å²) in [5.41, 5.74) is 4.22. The van der Waals surface area contributed by atoms with Crippen LogP contribution in [-0.2, 0) is 6.54 Å². The molecule has 3 rings (SSSR count). The van der Waals surface area contributed by atoms with E-state index in [4.69, 9.17) is 0 Å². The molecule has 1 heterocycles. The van der Waals surface area contributed by atoms with E-state index in [2.05, 4.69) is 37.0 Å². The molecule has 0 N–H and O–H groups in total. The van der Waals surface area contributed by atoms with E-state index < -0.39 is 0 Å². The van der Waals surface area contributed by atoms with Crippen molar-refractivity contribution in [2.24, 2.45) is 0 Å². The first kappa shape index (κ1) is 27.2. The zero-order valence-electron chi connectivity index (χ0n) is 20.4. The summed E-state index contributed by atoms with van der Waals surface area (Å²) in [6, 6.07) is 19.9. The zero-order chi connectivity index (χ0) is 24.6. The molecule has 1 aromatic heterocycles. The van der Waals surface area contributed by atoms with Gasteiger partial charge in [0.15, 0.2) is 0 Å². The Kier molecular flexibility index (Phi) is 12.4. The molecule has 0 bridgehead atoms. The Bertz CT molecular complexity index is 1040. The van der Waals surface area contributed by atoms with Crippen LogP contribution in [0.15, 0.2) is 78.9 Å². The van der Waals surface area contributed by atoms with Crippen LogP contribution in [0.3, 0.4) is 0 Å². The molecular weight excluding hydrogens is 406 g/mol. The summed E-state index contributed by atoms with van der Waals surface area (Å²) in [5, 5.41) is 4.66. The second-order valence-electron chi connectivity index (χ2n) is 7.22. The van der Waals surface area contributed by atoms with Crippen LogP contribution in [0.1, 0.15) is 54.5 Å². The second-order valence-corrected chi connectivity index (χ2v) is 7.22. The van der Waals surface area contributed by atoms with E-state index in [1.807, 2.05) is 105 Å². The quantitative estimate of drug-likeness (QED) is 0.315. The van der Waals surface area contributed by atoms with Gasteiger partial charge in [0, 0.05) is 13.6 Å². The highest BCUT2D eigenvalue weighted by molar-refractivity contribution is 5.98. The average molecular weight is 442 g/mol. The molecule has 0 aliphatic rings. The smallest absolute Gasteiger partial charge is 0.258 e. The summed E-state index contributed by atoms with van der Waals surface area (Å²) in [5.74, 6) is -0.0263. The Hall–Kier alpha value is -3.84. The molecule has 1 amide bonds. The van der Waals surface area contributed by atoms with Gasteiger partial charge >= 0.3 is 0 Å². The van der Waals surface area contributed by atoms with Crippen LogP contribution in [-0.4, -0.2) is 27.6 Å².